The van der Waals surface area contributed by atoms with Crippen molar-refractivity contribution in [2.75, 3.05) is 0 Å². The number of hydrogen-bond donors (Lipinski definition) is 2. The number of rotatable bonds is 5. The Morgan fingerprint density at radius 3 is 2.32 bits per heavy atom. The Morgan fingerprint density at radius 2 is 1.68 bits per heavy atom. The molecule has 0 bridgehead atoms. The number of aryl methyl sites for hydroxylation is 1. The minimum Gasteiger partial charge on any atom is -0.384 e. The maximum atomic E-state index is 14.6. The van der Waals surface area contributed by atoms with Gasteiger partial charge >= 0.3 is 0 Å². The third-order valence-corrected chi connectivity index (χ3v) is 4.50. The van der Waals surface area contributed by atoms with Crippen molar-refractivity contribution in [2.24, 2.45) is 0 Å². The fraction of sp³-hybridized carbons (Fsp3) is 0.208. The van der Waals surface area contributed by atoms with Gasteiger partial charge in [0, 0.05) is 17.2 Å². The highest BCUT2D eigenvalue weighted by atomic mass is 19.1. The first kappa shape index (κ1) is 19.8. The summed E-state index contributed by atoms with van der Waals surface area (Å²) in [5.74, 6) is -0.618. The number of carbonyl (C=O) groups excluding carboxylic acids is 1. The molecule has 0 heterocycles. The van der Waals surface area contributed by atoms with E-state index < -0.39 is 6.10 Å². The SMILES string of the molecule is Cc1ccc(-c2cc(C(=O)NC(C)C)cc(C(O)c3ccccc3)c2)c(F)c1. The molecule has 1 amide bonds. The van der Waals surface area contributed by atoms with Crippen LogP contribution in [0.5, 0.6) is 0 Å². The molecule has 3 nitrogen and oxygen atoms in total. The maximum Gasteiger partial charge on any atom is 0.251 e. The van der Waals surface area contributed by atoms with Crippen LogP contribution in [0.2, 0.25) is 0 Å². The number of aliphatic hydroxyl groups excluding tert-OH is 1. The molecule has 1 atom stereocenters. The number of halogens is 1. The van der Waals surface area contributed by atoms with Crippen molar-refractivity contribution in [1.29, 1.82) is 0 Å². The molecule has 0 spiro atoms. The standard InChI is InChI=1S/C24H24FNO2/c1-15(2)26-24(28)20-13-18(21-10-9-16(3)11-22(21)25)12-19(14-20)23(27)17-7-5-4-6-8-17/h4-15,23,27H,1-3H3,(H,26,28). The normalized spacial score (nSPS) is 12.1. The smallest absolute Gasteiger partial charge is 0.251 e. The summed E-state index contributed by atoms with van der Waals surface area (Å²) < 4.78 is 14.6. The van der Waals surface area contributed by atoms with Crippen molar-refractivity contribution < 1.29 is 14.3 Å². The van der Waals surface area contributed by atoms with Crippen LogP contribution in [0.3, 0.4) is 0 Å². The Bertz CT molecular complexity index is 983. The average molecular weight is 377 g/mol. The minimum atomic E-state index is -0.916. The van der Waals surface area contributed by atoms with Crippen molar-refractivity contribution in [1.82, 2.24) is 5.32 Å². The summed E-state index contributed by atoms with van der Waals surface area (Å²) in [6.45, 7) is 5.58. The second kappa shape index (κ2) is 8.36. The number of benzene rings is 3. The molecule has 3 rings (SSSR count). The van der Waals surface area contributed by atoms with Gasteiger partial charge in [0.15, 0.2) is 0 Å². The van der Waals surface area contributed by atoms with Gasteiger partial charge in [-0.05, 0) is 67.3 Å². The first-order chi connectivity index (χ1) is 13.3. The van der Waals surface area contributed by atoms with Gasteiger partial charge in [-0.3, -0.25) is 4.79 Å². The predicted octanol–water partition coefficient (Wildman–Crippen LogP) is 5.02. The van der Waals surface area contributed by atoms with Crippen LogP contribution in [-0.4, -0.2) is 17.1 Å². The second-order valence-corrected chi connectivity index (χ2v) is 7.27. The van der Waals surface area contributed by atoms with Crippen molar-refractivity contribution in [3.8, 4) is 11.1 Å². The third-order valence-electron chi connectivity index (χ3n) is 4.50. The zero-order valence-electron chi connectivity index (χ0n) is 16.2. The molecule has 0 aromatic heterocycles. The molecule has 28 heavy (non-hydrogen) atoms. The monoisotopic (exact) mass is 377 g/mol. The summed E-state index contributed by atoms with van der Waals surface area (Å²) in [6.07, 6.45) is -0.916. The summed E-state index contributed by atoms with van der Waals surface area (Å²) in [5, 5.41) is 13.7. The van der Waals surface area contributed by atoms with Crippen molar-refractivity contribution in [3.05, 3.63) is 94.8 Å². The van der Waals surface area contributed by atoms with Crippen molar-refractivity contribution in [3.63, 3.8) is 0 Å². The van der Waals surface area contributed by atoms with Gasteiger partial charge in [0.05, 0.1) is 0 Å². The Balaban J connectivity index is 2.12. The fourth-order valence-electron chi connectivity index (χ4n) is 3.12. The summed E-state index contributed by atoms with van der Waals surface area (Å²) >= 11 is 0. The highest BCUT2D eigenvalue weighted by Gasteiger charge is 2.17. The first-order valence-corrected chi connectivity index (χ1v) is 9.30. The summed E-state index contributed by atoms with van der Waals surface area (Å²) in [4.78, 5) is 12.6. The van der Waals surface area contributed by atoms with Gasteiger partial charge in [-0.1, -0.05) is 42.5 Å². The van der Waals surface area contributed by atoms with Gasteiger partial charge < -0.3 is 10.4 Å². The minimum absolute atomic E-state index is 0.0326. The van der Waals surface area contributed by atoms with E-state index in [0.717, 1.165) is 5.56 Å². The van der Waals surface area contributed by atoms with Crippen LogP contribution in [-0.2, 0) is 0 Å². The topological polar surface area (TPSA) is 49.3 Å². The molecule has 0 saturated carbocycles. The molecular weight excluding hydrogens is 353 g/mol. The lowest BCUT2D eigenvalue weighted by Crippen LogP contribution is -2.30. The van der Waals surface area contributed by atoms with Crippen LogP contribution in [0.4, 0.5) is 4.39 Å². The van der Waals surface area contributed by atoms with E-state index in [2.05, 4.69) is 5.32 Å². The molecule has 3 aromatic carbocycles. The van der Waals surface area contributed by atoms with Gasteiger partial charge in [-0.2, -0.15) is 0 Å². The summed E-state index contributed by atoms with van der Waals surface area (Å²) in [5.41, 5.74) is 3.40. The maximum absolute atomic E-state index is 14.6. The molecule has 0 saturated heterocycles. The number of hydrogen-bond acceptors (Lipinski definition) is 2. The van der Waals surface area contributed by atoms with Gasteiger partial charge in [0.25, 0.3) is 5.91 Å². The van der Waals surface area contributed by atoms with E-state index in [-0.39, 0.29) is 17.8 Å². The number of amides is 1. The van der Waals surface area contributed by atoms with E-state index in [1.165, 1.54) is 6.07 Å². The lowest BCUT2D eigenvalue weighted by atomic mass is 9.93. The highest BCUT2D eigenvalue weighted by molar-refractivity contribution is 5.96. The molecule has 0 aliphatic heterocycles. The number of carbonyl (C=O) groups is 1. The van der Waals surface area contributed by atoms with Crippen LogP contribution in [0.25, 0.3) is 11.1 Å². The Hall–Kier alpha value is -2.98. The van der Waals surface area contributed by atoms with Crippen LogP contribution in [0.15, 0.2) is 66.7 Å². The van der Waals surface area contributed by atoms with Crippen LogP contribution in [0.1, 0.15) is 47.0 Å². The molecule has 0 radical (unpaired) electrons. The largest absolute Gasteiger partial charge is 0.384 e. The molecule has 2 N–H and O–H groups in total. The van der Waals surface area contributed by atoms with E-state index in [4.69, 9.17) is 0 Å². The summed E-state index contributed by atoms with van der Waals surface area (Å²) in [6, 6.07) is 19.2. The van der Waals surface area contributed by atoms with E-state index >= 15 is 0 Å². The van der Waals surface area contributed by atoms with E-state index in [9.17, 15) is 14.3 Å². The van der Waals surface area contributed by atoms with E-state index in [1.807, 2.05) is 57.2 Å². The Labute approximate surface area is 164 Å². The van der Waals surface area contributed by atoms with Crippen LogP contribution < -0.4 is 5.32 Å². The first-order valence-electron chi connectivity index (χ1n) is 9.30. The molecule has 144 valence electrons. The Kier molecular flexibility index (Phi) is 5.90. The fourth-order valence-corrected chi connectivity index (χ4v) is 3.12. The van der Waals surface area contributed by atoms with Gasteiger partial charge in [0.1, 0.15) is 11.9 Å². The average Bonchev–Trinajstić information content (AvgIpc) is 2.67. The van der Waals surface area contributed by atoms with E-state index in [0.29, 0.717) is 27.8 Å². The van der Waals surface area contributed by atoms with Crippen molar-refractivity contribution in [2.45, 2.75) is 32.9 Å². The van der Waals surface area contributed by atoms with Crippen LogP contribution >= 0.6 is 0 Å². The molecule has 3 aromatic rings. The zero-order chi connectivity index (χ0) is 20.3. The van der Waals surface area contributed by atoms with Crippen molar-refractivity contribution >= 4 is 5.91 Å². The molecule has 0 fully saturated rings. The lowest BCUT2D eigenvalue weighted by molar-refractivity contribution is 0.0943. The molecular formula is C24H24FNO2. The number of nitrogens with one attached hydrogen (secondary N) is 1. The van der Waals surface area contributed by atoms with Gasteiger partial charge in [0.2, 0.25) is 0 Å². The van der Waals surface area contributed by atoms with Crippen LogP contribution in [0, 0.1) is 12.7 Å². The zero-order valence-corrected chi connectivity index (χ0v) is 16.2. The second-order valence-electron chi connectivity index (χ2n) is 7.27. The summed E-state index contributed by atoms with van der Waals surface area (Å²) in [7, 11) is 0. The number of aliphatic hydroxyl groups is 1. The third kappa shape index (κ3) is 4.46. The highest BCUT2D eigenvalue weighted by Crippen LogP contribution is 2.30. The van der Waals surface area contributed by atoms with Gasteiger partial charge in [-0.25, -0.2) is 4.39 Å². The molecule has 4 heteroatoms. The predicted molar refractivity (Wildman–Crippen MR) is 110 cm³/mol. The Morgan fingerprint density at radius 1 is 0.964 bits per heavy atom. The quantitative estimate of drug-likeness (QED) is 0.656. The molecule has 0 aliphatic carbocycles. The van der Waals surface area contributed by atoms with Gasteiger partial charge in [-0.15, -0.1) is 0 Å². The lowest BCUT2D eigenvalue weighted by Gasteiger charge is -2.16. The van der Waals surface area contributed by atoms with E-state index in [1.54, 1.807) is 24.3 Å². The molecule has 0 aliphatic rings. The molecule has 1 unspecified atom stereocenters.